The Morgan fingerprint density at radius 2 is 1.50 bits per heavy atom. The van der Waals surface area contributed by atoms with Gasteiger partial charge >= 0.3 is 66.4 Å². The van der Waals surface area contributed by atoms with Crippen LogP contribution in [0, 0.1) is 0 Å². The van der Waals surface area contributed by atoms with Crippen molar-refractivity contribution in [3.8, 4) is 0 Å². The second kappa shape index (κ2) is 7.39. The summed E-state index contributed by atoms with van der Waals surface area (Å²) >= 11 is -2.73. The first-order valence-corrected chi connectivity index (χ1v) is 6.17. The van der Waals surface area contributed by atoms with Crippen molar-refractivity contribution in [1.82, 2.24) is 0 Å². The molecule has 0 aromatic carbocycles. The van der Waals surface area contributed by atoms with Gasteiger partial charge < -0.3 is 0 Å². The molecule has 0 unspecified atom stereocenters. The van der Waals surface area contributed by atoms with Crippen molar-refractivity contribution in [3.63, 3.8) is 0 Å². The van der Waals surface area contributed by atoms with E-state index in [9.17, 15) is 3.74 Å². The average Bonchev–Trinajstić information content (AvgIpc) is 1.97. The first-order valence-electron chi connectivity index (χ1n) is 3.60. The Kier molecular flexibility index (Phi) is 7.59. The first kappa shape index (κ1) is 10.3. The molecular formula is C6H15AsO3. The fourth-order valence-electron chi connectivity index (χ4n) is 0.412. The molecule has 3 nitrogen and oxygen atoms in total. The van der Waals surface area contributed by atoms with Crippen LogP contribution in [0.3, 0.4) is 0 Å². The van der Waals surface area contributed by atoms with Gasteiger partial charge in [-0.3, -0.25) is 0 Å². The maximum atomic E-state index is 10.8. The van der Waals surface area contributed by atoms with Crippen molar-refractivity contribution < 1.29 is 11.2 Å². The number of hydrogen-bond donors (Lipinski definition) is 0. The van der Waals surface area contributed by atoms with Crippen molar-refractivity contribution in [2.75, 3.05) is 13.2 Å². The Bertz CT molecular complexity index is 85.0. The van der Waals surface area contributed by atoms with E-state index in [4.69, 9.17) is 7.45 Å². The van der Waals surface area contributed by atoms with E-state index < -0.39 is 15.3 Å². The zero-order chi connectivity index (χ0) is 7.82. The molecule has 0 atom stereocenters. The molecular weight excluding hydrogens is 195 g/mol. The molecule has 0 radical (unpaired) electrons. The topological polar surface area (TPSA) is 35.5 Å². The van der Waals surface area contributed by atoms with Gasteiger partial charge in [0.25, 0.3) is 0 Å². The van der Waals surface area contributed by atoms with Crippen molar-refractivity contribution in [3.05, 3.63) is 0 Å². The van der Waals surface area contributed by atoms with E-state index in [1.54, 1.807) is 0 Å². The van der Waals surface area contributed by atoms with Gasteiger partial charge in [0.2, 0.25) is 0 Å². The fraction of sp³-hybridized carbons (Fsp3) is 1.00. The van der Waals surface area contributed by atoms with Gasteiger partial charge in [-0.1, -0.05) is 0 Å². The Morgan fingerprint density at radius 1 is 1.10 bits per heavy atom. The zero-order valence-corrected chi connectivity index (χ0v) is 8.65. The van der Waals surface area contributed by atoms with E-state index in [0.717, 1.165) is 12.8 Å². The van der Waals surface area contributed by atoms with Gasteiger partial charge in [-0.05, 0) is 0 Å². The van der Waals surface area contributed by atoms with E-state index in [1.165, 1.54) is 0 Å². The van der Waals surface area contributed by atoms with E-state index in [-0.39, 0.29) is 0 Å². The summed E-state index contributed by atoms with van der Waals surface area (Å²) < 4.78 is 20.5. The average molecular weight is 210 g/mol. The molecule has 62 valence electrons. The van der Waals surface area contributed by atoms with Crippen LogP contribution in [-0.2, 0) is 11.2 Å². The second-order valence-corrected chi connectivity index (χ2v) is 4.21. The monoisotopic (exact) mass is 210 g/mol. The summed E-state index contributed by atoms with van der Waals surface area (Å²) in [5.41, 5.74) is 0. The van der Waals surface area contributed by atoms with Crippen LogP contribution in [0.25, 0.3) is 0 Å². The Morgan fingerprint density at radius 3 is 1.80 bits per heavy atom. The number of hydrogen-bond acceptors (Lipinski definition) is 3. The molecule has 0 saturated carbocycles. The summed E-state index contributed by atoms with van der Waals surface area (Å²) in [5.74, 6) is 0. The SMILES string of the molecule is CCCO[AsH](=O)OCCC. The molecule has 0 aliphatic heterocycles. The molecule has 0 bridgehead atoms. The van der Waals surface area contributed by atoms with Crippen LogP contribution in [0.4, 0.5) is 0 Å². The van der Waals surface area contributed by atoms with Gasteiger partial charge in [0, 0.05) is 0 Å². The van der Waals surface area contributed by atoms with E-state index in [2.05, 4.69) is 0 Å². The molecule has 10 heavy (non-hydrogen) atoms. The molecule has 0 N–H and O–H groups in total. The molecule has 0 aliphatic carbocycles. The first-order chi connectivity index (χ1) is 4.81. The standard InChI is InChI=1S/C6H15AsO3/c1-3-5-9-7(8)10-6-4-2/h7H,3-6H2,1-2H3. The molecule has 0 aromatic rings. The van der Waals surface area contributed by atoms with Gasteiger partial charge in [0.05, 0.1) is 0 Å². The van der Waals surface area contributed by atoms with Gasteiger partial charge in [0.15, 0.2) is 0 Å². The predicted molar refractivity (Wildman–Crippen MR) is 40.3 cm³/mol. The minimum absolute atomic E-state index is 0.558. The molecule has 0 heterocycles. The predicted octanol–water partition coefficient (Wildman–Crippen LogP) is 0.987. The Balaban J connectivity index is 3.09. The van der Waals surface area contributed by atoms with Crippen LogP contribution in [-0.4, -0.2) is 28.5 Å². The van der Waals surface area contributed by atoms with Crippen molar-refractivity contribution >= 4 is 15.3 Å². The molecule has 0 rings (SSSR count). The summed E-state index contributed by atoms with van der Waals surface area (Å²) in [6.45, 7) is 5.07. The van der Waals surface area contributed by atoms with Crippen LogP contribution in [0.2, 0.25) is 0 Å². The van der Waals surface area contributed by atoms with Crippen LogP contribution >= 0.6 is 0 Å². The summed E-state index contributed by atoms with van der Waals surface area (Å²) in [7, 11) is 0. The maximum absolute atomic E-state index is 10.8. The fourth-order valence-corrected chi connectivity index (χ4v) is 2.14. The van der Waals surface area contributed by atoms with Crippen molar-refractivity contribution in [2.45, 2.75) is 26.7 Å². The molecule has 0 amide bonds. The van der Waals surface area contributed by atoms with Gasteiger partial charge in [-0.2, -0.15) is 0 Å². The van der Waals surface area contributed by atoms with E-state index in [0.29, 0.717) is 13.2 Å². The second-order valence-electron chi connectivity index (χ2n) is 1.95. The summed E-state index contributed by atoms with van der Waals surface area (Å²) in [6, 6.07) is 0. The molecule has 0 fully saturated rings. The van der Waals surface area contributed by atoms with Gasteiger partial charge in [-0.15, -0.1) is 0 Å². The third-order valence-electron chi connectivity index (χ3n) is 0.848. The van der Waals surface area contributed by atoms with Crippen LogP contribution < -0.4 is 0 Å². The molecule has 0 aromatic heterocycles. The molecule has 0 spiro atoms. The number of rotatable bonds is 6. The molecule has 0 aliphatic rings. The third kappa shape index (κ3) is 6.40. The van der Waals surface area contributed by atoms with Crippen molar-refractivity contribution in [1.29, 1.82) is 0 Å². The summed E-state index contributed by atoms with van der Waals surface area (Å²) in [4.78, 5) is 0. The van der Waals surface area contributed by atoms with E-state index >= 15 is 0 Å². The quantitative estimate of drug-likeness (QED) is 0.613. The van der Waals surface area contributed by atoms with E-state index in [1.807, 2.05) is 13.8 Å². The van der Waals surface area contributed by atoms with Gasteiger partial charge in [-0.25, -0.2) is 0 Å². The van der Waals surface area contributed by atoms with Crippen LogP contribution in [0.15, 0.2) is 0 Å². The van der Waals surface area contributed by atoms with Gasteiger partial charge in [0.1, 0.15) is 0 Å². The Labute approximate surface area is 66.9 Å². The van der Waals surface area contributed by atoms with Crippen LogP contribution in [0.1, 0.15) is 26.7 Å². The minimum atomic E-state index is -2.73. The Hall–Kier alpha value is 0.278. The summed E-state index contributed by atoms with van der Waals surface area (Å²) in [6.07, 6.45) is 1.79. The zero-order valence-electron chi connectivity index (χ0n) is 6.55. The third-order valence-corrected chi connectivity index (χ3v) is 2.69. The molecule has 4 heteroatoms. The van der Waals surface area contributed by atoms with Crippen LogP contribution in [0.5, 0.6) is 0 Å². The normalized spacial score (nSPS) is 10.7. The van der Waals surface area contributed by atoms with Crippen molar-refractivity contribution in [2.24, 2.45) is 0 Å². The summed E-state index contributed by atoms with van der Waals surface area (Å²) in [5, 5.41) is 0. The molecule has 0 saturated heterocycles.